The topological polar surface area (TPSA) is 12.9 Å². The Labute approximate surface area is 103 Å². The van der Waals surface area contributed by atoms with E-state index >= 15 is 0 Å². The maximum Gasteiger partial charge on any atom is 0.0531 e. The zero-order chi connectivity index (χ0) is 12.2. The van der Waals surface area contributed by atoms with Crippen LogP contribution in [0.2, 0.25) is 0 Å². The number of nitrogens with zero attached hydrogens (tertiary/aromatic N) is 1. The Hall–Kier alpha value is -1.63. The van der Waals surface area contributed by atoms with Gasteiger partial charge in [-0.05, 0) is 61.6 Å². The van der Waals surface area contributed by atoms with Gasteiger partial charge >= 0.3 is 0 Å². The van der Waals surface area contributed by atoms with Crippen LogP contribution in [-0.4, -0.2) is 4.98 Å². The van der Waals surface area contributed by atoms with Crippen molar-refractivity contribution in [1.82, 2.24) is 4.98 Å². The number of aromatic nitrogens is 1. The van der Waals surface area contributed by atoms with Gasteiger partial charge in [-0.2, -0.15) is 0 Å². The third-order valence-electron chi connectivity index (χ3n) is 3.77. The van der Waals surface area contributed by atoms with Crippen molar-refractivity contribution in [2.45, 2.75) is 34.1 Å². The summed E-state index contributed by atoms with van der Waals surface area (Å²) in [7, 11) is 0. The molecule has 1 aliphatic rings. The summed E-state index contributed by atoms with van der Waals surface area (Å²) in [5.74, 6) is 0. The van der Waals surface area contributed by atoms with E-state index < -0.39 is 0 Å². The van der Waals surface area contributed by atoms with Gasteiger partial charge in [-0.3, -0.25) is 4.98 Å². The van der Waals surface area contributed by atoms with Crippen LogP contribution in [0.3, 0.4) is 0 Å². The first kappa shape index (κ1) is 10.5. The van der Waals surface area contributed by atoms with Crippen molar-refractivity contribution in [3.05, 3.63) is 51.8 Å². The molecule has 0 fully saturated rings. The highest BCUT2D eigenvalue weighted by molar-refractivity contribution is 5.79. The van der Waals surface area contributed by atoms with E-state index in [0.29, 0.717) is 0 Å². The molecule has 0 saturated carbocycles. The fourth-order valence-corrected chi connectivity index (χ4v) is 2.85. The van der Waals surface area contributed by atoms with Gasteiger partial charge in [-0.15, -0.1) is 0 Å². The van der Waals surface area contributed by atoms with Gasteiger partial charge in [0.15, 0.2) is 0 Å². The van der Waals surface area contributed by atoms with E-state index in [1.54, 1.807) is 0 Å². The number of benzene rings is 1. The SMILES string of the molecule is Cc1cc(C)c2c(n1)Cc1cc(C)c(C)cc1-2. The van der Waals surface area contributed by atoms with Crippen LogP contribution < -0.4 is 0 Å². The summed E-state index contributed by atoms with van der Waals surface area (Å²) < 4.78 is 0. The predicted octanol–water partition coefficient (Wildman–Crippen LogP) is 3.89. The maximum atomic E-state index is 4.69. The molecular formula is C16H17N. The second-order valence-corrected chi connectivity index (χ2v) is 5.17. The lowest BCUT2D eigenvalue weighted by Gasteiger charge is -2.08. The van der Waals surface area contributed by atoms with Crippen molar-refractivity contribution in [2.75, 3.05) is 0 Å². The Balaban J connectivity index is 2.31. The Morgan fingerprint density at radius 3 is 2.35 bits per heavy atom. The van der Waals surface area contributed by atoms with Crippen LogP contribution in [0.1, 0.15) is 33.6 Å². The van der Waals surface area contributed by atoms with Gasteiger partial charge in [0, 0.05) is 17.7 Å². The summed E-state index contributed by atoms with van der Waals surface area (Å²) in [6.07, 6.45) is 0.994. The first-order valence-corrected chi connectivity index (χ1v) is 6.14. The number of hydrogen-bond donors (Lipinski definition) is 0. The van der Waals surface area contributed by atoms with E-state index in [0.717, 1.165) is 12.1 Å². The van der Waals surface area contributed by atoms with Crippen LogP contribution in [0, 0.1) is 27.7 Å². The number of rotatable bonds is 0. The number of hydrogen-bond acceptors (Lipinski definition) is 1. The lowest BCUT2D eigenvalue weighted by atomic mass is 9.98. The highest BCUT2D eigenvalue weighted by atomic mass is 14.7. The van der Waals surface area contributed by atoms with Crippen molar-refractivity contribution in [1.29, 1.82) is 0 Å². The second kappa shape index (κ2) is 3.43. The van der Waals surface area contributed by atoms with Gasteiger partial charge in [0.05, 0.1) is 5.69 Å². The standard InChI is InChI=1S/C16H17N/c1-9-6-13-8-15-16(14(13)7-10(9)2)11(3)5-12(4)17-15/h5-7H,8H2,1-4H3. The quantitative estimate of drug-likeness (QED) is 0.563. The number of pyridine rings is 1. The predicted molar refractivity (Wildman–Crippen MR) is 71.4 cm³/mol. The molecule has 0 saturated heterocycles. The third kappa shape index (κ3) is 1.49. The van der Waals surface area contributed by atoms with Crippen LogP contribution in [0.5, 0.6) is 0 Å². The molecule has 2 aromatic rings. The Kier molecular flexibility index (Phi) is 2.12. The van der Waals surface area contributed by atoms with Crippen molar-refractivity contribution >= 4 is 0 Å². The fourth-order valence-electron chi connectivity index (χ4n) is 2.85. The van der Waals surface area contributed by atoms with E-state index in [1.165, 1.54) is 39.1 Å². The van der Waals surface area contributed by atoms with Gasteiger partial charge in [-0.25, -0.2) is 0 Å². The summed E-state index contributed by atoms with van der Waals surface area (Å²) in [6, 6.07) is 6.82. The summed E-state index contributed by atoms with van der Waals surface area (Å²) >= 11 is 0. The monoisotopic (exact) mass is 223 g/mol. The van der Waals surface area contributed by atoms with Crippen LogP contribution in [0.4, 0.5) is 0 Å². The van der Waals surface area contributed by atoms with Crippen molar-refractivity contribution in [3.8, 4) is 11.1 Å². The second-order valence-electron chi connectivity index (χ2n) is 5.17. The molecule has 0 atom stereocenters. The number of aryl methyl sites for hydroxylation is 4. The smallest absolute Gasteiger partial charge is 0.0531 e. The molecule has 0 N–H and O–H groups in total. The van der Waals surface area contributed by atoms with Crippen LogP contribution in [0.25, 0.3) is 11.1 Å². The lowest BCUT2D eigenvalue weighted by Crippen LogP contribution is -1.92. The largest absolute Gasteiger partial charge is 0.257 e. The van der Waals surface area contributed by atoms with Crippen molar-refractivity contribution < 1.29 is 0 Å². The molecule has 0 radical (unpaired) electrons. The normalized spacial score (nSPS) is 12.5. The van der Waals surface area contributed by atoms with Gasteiger partial charge in [-0.1, -0.05) is 12.1 Å². The number of fused-ring (bicyclic) bond motifs is 3. The molecule has 1 heteroatoms. The molecule has 0 spiro atoms. The molecule has 0 amide bonds. The van der Waals surface area contributed by atoms with Gasteiger partial charge < -0.3 is 0 Å². The van der Waals surface area contributed by atoms with Crippen LogP contribution >= 0.6 is 0 Å². The van der Waals surface area contributed by atoms with E-state index in [9.17, 15) is 0 Å². The molecule has 0 unspecified atom stereocenters. The molecule has 17 heavy (non-hydrogen) atoms. The summed E-state index contributed by atoms with van der Waals surface area (Å²) in [5.41, 5.74) is 10.7. The van der Waals surface area contributed by atoms with E-state index in [2.05, 4.69) is 50.9 Å². The molecule has 86 valence electrons. The molecule has 0 aliphatic heterocycles. The summed E-state index contributed by atoms with van der Waals surface area (Å²) in [6.45, 7) is 8.64. The van der Waals surface area contributed by atoms with Crippen molar-refractivity contribution in [3.63, 3.8) is 0 Å². The minimum absolute atomic E-state index is 0.994. The van der Waals surface area contributed by atoms with Gasteiger partial charge in [0.2, 0.25) is 0 Å². The van der Waals surface area contributed by atoms with E-state index in [-0.39, 0.29) is 0 Å². The molecule has 1 aromatic carbocycles. The molecule has 3 rings (SSSR count). The Morgan fingerprint density at radius 1 is 0.882 bits per heavy atom. The van der Waals surface area contributed by atoms with Crippen LogP contribution in [-0.2, 0) is 6.42 Å². The zero-order valence-corrected chi connectivity index (χ0v) is 10.9. The molecular weight excluding hydrogens is 206 g/mol. The van der Waals surface area contributed by atoms with E-state index in [1.807, 2.05) is 0 Å². The summed E-state index contributed by atoms with van der Waals surface area (Å²) in [4.78, 5) is 4.69. The minimum atomic E-state index is 0.994. The highest BCUT2D eigenvalue weighted by Crippen LogP contribution is 2.39. The first-order chi connectivity index (χ1) is 8.06. The maximum absolute atomic E-state index is 4.69. The van der Waals surface area contributed by atoms with Gasteiger partial charge in [0.1, 0.15) is 0 Å². The Bertz CT molecular complexity index is 624. The fraction of sp³-hybridized carbons (Fsp3) is 0.312. The van der Waals surface area contributed by atoms with Gasteiger partial charge in [0.25, 0.3) is 0 Å². The molecule has 1 aromatic heterocycles. The summed E-state index contributed by atoms with van der Waals surface area (Å²) in [5, 5.41) is 0. The Morgan fingerprint density at radius 2 is 1.59 bits per heavy atom. The average Bonchev–Trinajstić information content (AvgIpc) is 2.56. The van der Waals surface area contributed by atoms with Crippen LogP contribution in [0.15, 0.2) is 18.2 Å². The molecule has 1 nitrogen and oxygen atoms in total. The van der Waals surface area contributed by atoms with Crippen molar-refractivity contribution in [2.24, 2.45) is 0 Å². The highest BCUT2D eigenvalue weighted by Gasteiger charge is 2.22. The average molecular weight is 223 g/mol. The minimum Gasteiger partial charge on any atom is -0.257 e. The molecule has 0 bridgehead atoms. The molecule has 1 aliphatic carbocycles. The first-order valence-electron chi connectivity index (χ1n) is 6.14. The zero-order valence-electron chi connectivity index (χ0n) is 10.9. The lowest BCUT2D eigenvalue weighted by molar-refractivity contribution is 1.06. The molecule has 1 heterocycles. The van der Waals surface area contributed by atoms with E-state index in [4.69, 9.17) is 0 Å². The third-order valence-corrected chi connectivity index (χ3v) is 3.77.